The van der Waals surface area contributed by atoms with Crippen molar-refractivity contribution in [1.82, 2.24) is 0 Å². The van der Waals surface area contributed by atoms with Crippen molar-refractivity contribution in [2.45, 2.75) is 65.1 Å². The Kier molecular flexibility index (Phi) is 9.22. The Balaban J connectivity index is 1.43. The monoisotopic (exact) mass is 496 g/mol. The number of benzene rings is 3. The highest BCUT2D eigenvalue weighted by molar-refractivity contribution is 5.71. The Morgan fingerprint density at radius 3 is 2.00 bits per heavy atom. The maximum absolute atomic E-state index is 14.9. The molecule has 36 heavy (non-hydrogen) atoms. The maximum atomic E-state index is 14.9. The van der Waals surface area contributed by atoms with Gasteiger partial charge >= 0.3 is 0 Å². The van der Waals surface area contributed by atoms with Crippen molar-refractivity contribution in [2.75, 3.05) is 13.2 Å². The van der Waals surface area contributed by atoms with E-state index in [9.17, 15) is 13.2 Å². The van der Waals surface area contributed by atoms with Crippen molar-refractivity contribution in [1.29, 1.82) is 0 Å². The lowest BCUT2D eigenvalue weighted by molar-refractivity contribution is -0.202. The van der Waals surface area contributed by atoms with Gasteiger partial charge in [0.15, 0.2) is 17.9 Å². The van der Waals surface area contributed by atoms with Gasteiger partial charge in [-0.25, -0.2) is 13.2 Å². The first-order valence-electron chi connectivity index (χ1n) is 13.1. The van der Waals surface area contributed by atoms with Crippen LogP contribution in [0.3, 0.4) is 0 Å². The zero-order valence-corrected chi connectivity index (χ0v) is 21.2. The van der Waals surface area contributed by atoms with E-state index >= 15 is 0 Å². The first kappa shape index (κ1) is 26.4. The highest BCUT2D eigenvalue weighted by Crippen LogP contribution is 2.32. The lowest BCUT2D eigenvalue weighted by Crippen LogP contribution is -2.25. The second-order valence-electron chi connectivity index (χ2n) is 9.84. The number of aryl methyl sites for hydroxylation is 1. The highest BCUT2D eigenvalue weighted by atomic mass is 19.2. The zero-order chi connectivity index (χ0) is 25.5. The van der Waals surface area contributed by atoms with Gasteiger partial charge in [-0.15, -0.1) is 0 Å². The lowest BCUT2D eigenvalue weighted by atomic mass is 9.97. The molecule has 0 aliphatic carbocycles. The van der Waals surface area contributed by atoms with Gasteiger partial charge < -0.3 is 9.47 Å². The van der Waals surface area contributed by atoms with Crippen LogP contribution in [0.2, 0.25) is 0 Å². The van der Waals surface area contributed by atoms with Crippen LogP contribution in [-0.4, -0.2) is 13.2 Å². The van der Waals surface area contributed by atoms with E-state index in [-0.39, 0.29) is 11.4 Å². The van der Waals surface area contributed by atoms with E-state index in [4.69, 9.17) is 9.47 Å². The molecule has 192 valence electrons. The molecule has 3 aromatic carbocycles. The van der Waals surface area contributed by atoms with Crippen LogP contribution in [0.15, 0.2) is 54.6 Å². The molecule has 1 aliphatic rings. The van der Waals surface area contributed by atoms with Crippen molar-refractivity contribution in [2.24, 2.45) is 5.92 Å². The average Bonchev–Trinajstić information content (AvgIpc) is 2.89. The van der Waals surface area contributed by atoms with Crippen LogP contribution >= 0.6 is 0 Å². The molecular formula is C31H35F3O2. The lowest BCUT2D eigenvalue weighted by Gasteiger charge is -2.27. The quantitative estimate of drug-likeness (QED) is 0.261. The third-order valence-corrected chi connectivity index (χ3v) is 6.80. The first-order valence-corrected chi connectivity index (χ1v) is 13.1. The summed E-state index contributed by atoms with van der Waals surface area (Å²) in [6, 6.07) is 15.1. The third-order valence-electron chi connectivity index (χ3n) is 6.80. The fraction of sp³-hybridized carbons (Fsp3) is 0.419. The van der Waals surface area contributed by atoms with Gasteiger partial charge in [-0.05, 0) is 35.6 Å². The smallest absolute Gasteiger partial charge is 0.183 e. The minimum Gasteiger partial charge on any atom is -0.348 e. The van der Waals surface area contributed by atoms with Crippen LogP contribution in [-0.2, 0) is 15.9 Å². The normalized spacial score (nSPS) is 17.9. The van der Waals surface area contributed by atoms with Crippen LogP contribution in [0, 0.1) is 23.4 Å². The highest BCUT2D eigenvalue weighted by Gasteiger charge is 2.22. The minimum atomic E-state index is -0.830. The summed E-state index contributed by atoms with van der Waals surface area (Å²) in [5.74, 6) is -1.67. The molecule has 5 heteroatoms. The molecule has 1 saturated heterocycles. The molecule has 0 atom stereocenters. The van der Waals surface area contributed by atoms with Gasteiger partial charge in [0.2, 0.25) is 0 Å². The van der Waals surface area contributed by atoms with Crippen molar-refractivity contribution in [3.05, 3.63) is 83.2 Å². The minimum absolute atomic E-state index is 0.211. The van der Waals surface area contributed by atoms with E-state index in [1.165, 1.54) is 25.3 Å². The molecule has 3 aromatic rings. The molecule has 0 aromatic heterocycles. The van der Waals surface area contributed by atoms with Crippen LogP contribution in [0.1, 0.15) is 69.8 Å². The molecule has 2 nitrogen and oxygen atoms in total. The summed E-state index contributed by atoms with van der Waals surface area (Å²) in [6.45, 7) is 5.36. The Morgan fingerprint density at radius 1 is 0.722 bits per heavy atom. The Bertz CT molecular complexity index is 1140. The summed E-state index contributed by atoms with van der Waals surface area (Å²) in [5, 5.41) is 0. The number of halogens is 3. The van der Waals surface area contributed by atoms with E-state index in [0.29, 0.717) is 53.4 Å². The average molecular weight is 497 g/mol. The molecule has 0 spiro atoms. The summed E-state index contributed by atoms with van der Waals surface area (Å²) in [5.41, 5.74) is 2.90. The summed E-state index contributed by atoms with van der Waals surface area (Å²) < 4.78 is 55.9. The van der Waals surface area contributed by atoms with Gasteiger partial charge in [0.05, 0.1) is 13.2 Å². The maximum Gasteiger partial charge on any atom is 0.183 e. The van der Waals surface area contributed by atoms with Crippen molar-refractivity contribution >= 4 is 0 Å². The molecule has 0 bridgehead atoms. The fourth-order valence-electron chi connectivity index (χ4n) is 4.63. The predicted molar refractivity (Wildman–Crippen MR) is 138 cm³/mol. The van der Waals surface area contributed by atoms with E-state index in [2.05, 4.69) is 6.92 Å². The predicted octanol–water partition coefficient (Wildman–Crippen LogP) is 9.02. The largest absolute Gasteiger partial charge is 0.348 e. The van der Waals surface area contributed by atoms with Gasteiger partial charge in [-0.1, -0.05) is 94.5 Å². The Hall–Kier alpha value is -2.63. The van der Waals surface area contributed by atoms with Crippen LogP contribution in [0.5, 0.6) is 0 Å². The topological polar surface area (TPSA) is 18.5 Å². The molecule has 0 amide bonds. The molecular weight excluding hydrogens is 461 g/mol. The third kappa shape index (κ3) is 6.37. The van der Waals surface area contributed by atoms with Gasteiger partial charge in [0.1, 0.15) is 5.82 Å². The number of hydrogen-bond acceptors (Lipinski definition) is 2. The fourth-order valence-corrected chi connectivity index (χ4v) is 4.63. The molecule has 1 aliphatic heterocycles. The molecule has 1 fully saturated rings. The van der Waals surface area contributed by atoms with Crippen molar-refractivity contribution in [3.8, 4) is 22.3 Å². The summed E-state index contributed by atoms with van der Waals surface area (Å²) in [6.07, 6.45) is 6.60. The second kappa shape index (κ2) is 12.6. The number of unbranched alkanes of at least 4 members (excludes halogenated alkanes) is 5. The zero-order valence-electron chi connectivity index (χ0n) is 21.2. The van der Waals surface area contributed by atoms with E-state index in [0.717, 1.165) is 19.3 Å². The molecule has 0 radical (unpaired) electrons. The van der Waals surface area contributed by atoms with E-state index < -0.39 is 17.9 Å². The van der Waals surface area contributed by atoms with E-state index in [1.807, 2.05) is 6.92 Å². The Labute approximate surface area is 212 Å². The van der Waals surface area contributed by atoms with Crippen molar-refractivity contribution in [3.63, 3.8) is 0 Å². The van der Waals surface area contributed by atoms with E-state index in [1.54, 1.807) is 48.5 Å². The summed E-state index contributed by atoms with van der Waals surface area (Å²) >= 11 is 0. The first-order chi connectivity index (χ1) is 17.5. The number of hydrogen-bond donors (Lipinski definition) is 0. The van der Waals surface area contributed by atoms with Crippen LogP contribution in [0.4, 0.5) is 13.2 Å². The molecule has 1 heterocycles. The molecule has 0 N–H and O–H groups in total. The Morgan fingerprint density at radius 2 is 1.33 bits per heavy atom. The molecule has 4 rings (SSSR count). The van der Waals surface area contributed by atoms with Gasteiger partial charge in [-0.3, -0.25) is 0 Å². The van der Waals surface area contributed by atoms with Gasteiger partial charge in [0, 0.05) is 22.6 Å². The van der Waals surface area contributed by atoms with Crippen LogP contribution in [0.25, 0.3) is 22.3 Å². The standard InChI is InChI=1S/C31H35F3O2/c1-3-4-5-6-7-8-9-24-14-17-27(30(34)29(24)33)23-12-10-22(11-13-23)26-16-15-25(18-28(26)32)31-35-19-21(2)20-36-31/h10-18,21,31H,3-9,19-20H2,1-2H3. The molecule has 0 saturated carbocycles. The number of ether oxygens (including phenoxy) is 2. The van der Waals surface area contributed by atoms with Crippen molar-refractivity contribution < 1.29 is 22.6 Å². The summed E-state index contributed by atoms with van der Waals surface area (Å²) in [4.78, 5) is 0. The van der Waals surface area contributed by atoms with Gasteiger partial charge in [-0.2, -0.15) is 0 Å². The summed E-state index contributed by atoms with van der Waals surface area (Å²) in [7, 11) is 0. The van der Waals surface area contributed by atoms with Gasteiger partial charge in [0.25, 0.3) is 0 Å². The second-order valence-corrected chi connectivity index (χ2v) is 9.84. The molecule has 0 unspecified atom stereocenters. The SMILES string of the molecule is CCCCCCCCc1ccc(-c2ccc(-c3ccc(C4OCC(C)CO4)cc3F)cc2)c(F)c1F. The number of rotatable bonds is 10. The van der Waals surface area contributed by atoms with Crippen LogP contribution < -0.4 is 0 Å².